The van der Waals surface area contributed by atoms with E-state index in [2.05, 4.69) is 14.9 Å². The van der Waals surface area contributed by atoms with Crippen LogP contribution in [-0.4, -0.2) is 48.3 Å². The van der Waals surface area contributed by atoms with E-state index in [-0.39, 0.29) is 5.97 Å². The Morgan fingerprint density at radius 1 is 0.929 bits per heavy atom. The Balaban J connectivity index is 1.34. The number of carbonyl (C=O) groups excluding carboxylic acids is 1. The van der Waals surface area contributed by atoms with Gasteiger partial charge in [-0.15, -0.1) is 0 Å². The number of esters is 1. The lowest BCUT2D eigenvalue weighted by molar-refractivity contribution is -0.0195. The number of benzene rings is 1. The molecule has 0 radical (unpaired) electrons. The molecule has 2 heterocycles. The van der Waals surface area contributed by atoms with Gasteiger partial charge in [0.05, 0.1) is 24.9 Å². The molecule has 148 valence electrons. The van der Waals surface area contributed by atoms with Gasteiger partial charge in [0.25, 0.3) is 0 Å². The zero-order chi connectivity index (χ0) is 19.3. The molecular formula is C22H27N3O3. The highest BCUT2D eigenvalue weighted by Gasteiger charge is 2.25. The fourth-order valence-corrected chi connectivity index (χ4v) is 4.04. The van der Waals surface area contributed by atoms with Crippen LogP contribution < -0.4 is 4.90 Å². The first-order valence-electron chi connectivity index (χ1n) is 10.1. The quantitative estimate of drug-likeness (QED) is 0.733. The molecule has 2 aromatic rings. The Bertz CT molecular complexity index is 778. The largest absolute Gasteiger partial charge is 0.465 e. The molecule has 0 spiro atoms. The smallest absolute Gasteiger partial charge is 0.337 e. The van der Waals surface area contributed by atoms with Crippen molar-refractivity contribution in [3.05, 3.63) is 42.2 Å². The average molecular weight is 381 g/mol. The molecule has 0 unspecified atom stereocenters. The van der Waals surface area contributed by atoms with E-state index < -0.39 is 0 Å². The second kappa shape index (κ2) is 8.69. The third kappa shape index (κ3) is 4.33. The van der Waals surface area contributed by atoms with Crippen LogP contribution in [0, 0.1) is 0 Å². The summed E-state index contributed by atoms with van der Waals surface area (Å²) in [7, 11) is 1.38. The topological polar surface area (TPSA) is 64.5 Å². The lowest BCUT2D eigenvalue weighted by Crippen LogP contribution is -2.39. The molecule has 4 rings (SSSR count). The Labute approximate surface area is 165 Å². The first-order chi connectivity index (χ1) is 13.7. The molecule has 1 saturated heterocycles. The summed E-state index contributed by atoms with van der Waals surface area (Å²) < 4.78 is 11.0. The van der Waals surface area contributed by atoms with Crippen molar-refractivity contribution in [3.8, 4) is 11.1 Å². The van der Waals surface area contributed by atoms with Gasteiger partial charge in [-0.1, -0.05) is 25.0 Å². The zero-order valence-corrected chi connectivity index (χ0v) is 16.3. The van der Waals surface area contributed by atoms with E-state index in [9.17, 15) is 4.79 Å². The molecule has 0 bridgehead atoms. The van der Waals surface area contributed by atoms with Gasteiger partial charge < -0.3 is 14.4 Å². The van der Waals surface area contributed by atoms with Crippen LogP contribution in [0.3, 0.4) is 0 Å². The maximum absolute atomic E-state index is 11.5. The normalized spacial score (nSPS) is 18.4. The van der Waals surface area contributed by atoms with Crippen LogP contribution >= 0.6 is 0 Å². The first-order valence-corrected chi connectivity index (χ1v) is 10.1. The molecule has 1 aromatic carbocycles. The highest BCUT2D eigenvalue weighted by atomic mass is 16.5. The van der Waals surface area contributed by atoms with Crippen molar-refractivity contribution in [2.75, 3.05) is 25.1 Å². The number of aromatic nitrogens is 2. The van der Waals surface area contributed by atoms with Crippen molar-refractivity contribution in [2.45, 2.75) is 50.7 Å². The van der Waals surface area contributed by atoms with Crippen molar-refractivity contribution in [2.24, 2.45) is 0 Å². The summed E-state index contributed by atoms with van der Waals surface area (Å²) in [6.45, 7) is 1.87. The maximum Gasteiger partial charge on any atom is 0.337 e. The lowest BCUT2D eigenvalue weighted by atomic mass is 10.1. The number of anilines is 1. The van der Waals surface area contributed by atoms with E-state index in [1.165, 1.54) is 32.8 Å². The molecule has 2 aliphatic rings. The van der Waals surface area contributed by atoms with E-state index in [1.54, 1.807) is 12.1 Å². The van der Waals surface area contributed by atoms with E-state index >= 15 is 0 Å². The number of carbonyl (C=O) groups is 1. The fourth-order valence-electron chi connectivity index (χ4n) is 4.04. The minimum absolute atomic E-state index is 0.335. The molecule has 0 amide bonds. The zero-order valence-electron chi connectivity index (χ0n) is 16.3. The van der Waals surface area contributed by atoms with Gasteiger partial charge in [-0.05, 0) is 43.4 Å². The number of hydrogen-bond acceptors (Lipinski definition) is 6. The molecule has 6 nitrogen and oxygen atoms in total. The minimum Gasteiger partial charge on any atom is -0.465 e. The molecule has 2 fully saturated rings. The third-order valence-electron chi connectivity index (χ3n) is 5.69. The summed E-state index contributed by atoms with van der Waals surface area (Å²) in [4.78, 5) is 22.9. The molecule has 28 heavy (non-hydrogen) atoms. The maximum atomic E-state index is 11.5. The van der Waals surface area contributed by atoms with Gasteiger partial charge in [0.1, 0.15) is 0 Å². The van der Waals surface area contributed by atoms with Crippen molar-refractivity contribution in [1.82, 2.24) is 9.97 Å². The molecule has 1 aliphatic carbocycles. The van der Waals surface area contributed by atoms with Gasteiger partial charge in [-0.3, -0.25) is 0 Å². The van der Waals surface area contributed by atoms with Crippen LogP contribution in [0.4, 0.5) is 5.95 Å². The monoisotopic (exact) mass is 381 g/mol. The Morgan fingerprint density at radius 3 is 2.14 bits per heavy atom. The van der Waals surface area contributed by atoms with Crippen LogP contribution in [0.5, 0.6) is 0 Å². The van der Waals surface area contributed by atoms with E-state index in [4.69, 9.17) is 9.47 Å². The first kappa shape index (κ1) is 18.9. The molecule has 0 N–H and O–H groups in total. The van der Waals surface area contributed by atoms with Gasteiger partial charge in [-0.25, -0.2) is 14.8 Å². The standard InChI is InChI=1S/C22H27N3O3/c1-27-21(26)17-8-6-16(7-9-17)18-14-23-22(24-15-18)25-12-10-20(11-13-25)28-19-4-2-3-5-19/h6-9,14-15,19-20H,2-5,10-13H2,1H3. The second-order valence-electron chi connectivity index (χ2n) is 7.57. The van der Waals surface area contributed by atoms with Crippen LogP contribution in [0.2, 0.25) is 0 Å². The summed E-state index contributed by atoms with van der Waals surface area (Å²) in [6, 6.07) is 7.28. The van der Waals surface area contributed by atoms with Gasteiger partial charge in [0.15, 0.2) is 0 Å². The summed E-state index contributed by atoms with van der Waals surface area (Å²) in [6.07, 6.45) is 11.7. The number of hydrogen-bond donors (Lipinski definition) is 0. The van der Waals surface area contributed by atoms with E-state index in [1.807, 2.05) is 24.5 Å². The minimum atomic E-state index is -0.335. The lowest BCUT2D eigenvalue weighted by Gasteiger charge is -2.33. The molecule has 1 aliphatic heterocycles. The van der Waals surface area contributed by atoms with Crippen molar-refractivity contribution in [1.29, 1.82) is 0 Å². The summed E-state index contributed by atoms with van der Waals surface area (Å²) >= 11 is 0. The van der Waals surface area contributed by atoms with E-state index in [0.717, 1.165) is 43.0 Å². The summed E-state index contributed by atoms with van der Waals surface area (Å²) in [5, 5.41) is 0. The number of methoxy groups -OCH3 is 1. The Hall–Kier alpha value is -2.47. The number of ether oxygens (including phenoxy) is 2. The number of nitrogens with zero attached hydrogens (tertiary/aromatic N) is 3. The van der Waals surface area contributed by atoms with Crippen LogP contribution in [-0.2, 0) is 9.47 Å². The Morgan fingerprint density at radius 2 is 1.54 bits per heavy atom. The second-order valence-corrected chi connectivity index (χ2v) is 7.57. The Kier molecular flexibility index (Phi) is 5.86. The summed E-state index contributed by atoms with van der Waals surface area (Å²) in [5.41, 5.74) is 2.44. The van der Waals surface area contributed by atoms with Crippen molar-refractivity contribution < 1.29 is 14.3 Å². The molecule has 0 atom stereocenters. The predicted molar refractivity (Wildman–Crippen MR) is 107 cm³/mol. The molecule has 1 saturated carbocycles. The predicted octanol–water partition coefficient (Wildman–Crippen LogP) is 3.86. The van der Waals surface area contributed by atoms with Crippen molar-refractivity contribution in [3.63, 3.8) is 0 Å². The highest BCUT2D eigenvalue weighted by molar-refractivity contribution is 5.89. The molecule has 6 heteroatoms. The SMILES string of the molecule is COC(=O)c1ccc(-c2cnc(N3CCC(OC4CCCC4)CC3)nc2)cc1. The molecule has 1 aromatic heterocycles. The van der Waals surface area contributed by atoms with Gasteiger partial charge in [0, 0.05) is 31.0 Å². The van der Waals surface area contributed by atoms with Crippen LogP contribution in [0.15, 0.2) is 36.7 Å². The van der Waals surface area contributed by atoms with Crippen LogP contribution in [0.25, 0.3) is 11.1 Å². The third-order valence-corrected chi connectivity index (χ3v) is 5.69. The number of piperidine rings is 1. The van der Waals surface area contributed by atoms with Gasteiger partial charge in [0.2, 0.25) is 5.95 Å². The van der Waals surface area contributed by atoms with Gasteiger partial charge >= 0.3 is 5.97 Å². The summed E-state index contributed by atoms with van der Waals surface area (Å²) in [5.74, 6) is 0.438. The highest BCUT2D eigenvalue weighted by Crippen LogP contribution is 2.27. The average Bonchev–Trinajstić information content (AvgIpc) is 3.27. The fraction of sp³-hybridized carbons (Fsp3) is 0.500. The van der Waals surface area contributed by atoms with Gasteiger partial charge in [-0.2, -0.15) is 0 Å². The van der Waals surface area contributed by atoms with Crippen molar-refractivity contribution >= 4 is 11.9 Å². The molecular weight excluding hydrogens is 354 g/mol. The van der Waals surface area contributed by atoms with Crippen LogP contribution in [0.1, 0.15) is 48.9 Å². The van der Waals surface area contributed by atoms with E-state index in [0.29, 0.717) is 17.8 Å². The number of rotatable bonds is 5.